The van der Waals surface area contributed by atoms with Crippen LogP contribution in [-0.4, -0.2) is 12.0 Å². The van der Waals surface area contributed by atoms with Crippen LogP contribution >= 0.6 is 0 Å². The Labute approximate surface area is 106 Å². The lowest BCUT2D eigenvalue weighted by molar-refractivity contribution is 0.614. The summed E-state index contributed by atoms with van der Waals surface area (Å²) in [5, 5.41) is 0. The zero-order valence-corrected chi connectivity index (χ0v) is 10.3. The molecule has 0 amide bonds. The smallest absolute Gasteiger partial charge is 0.165 e. The van der Waals surface area contributed by atoms with E-state index in [0.29, 0.717) is 18.9 Å². The van der Waals surface area contributed by atoms with Gasteiger partial charge in [-0.15, -0.1) is 0 Å². The van der Waals surface area contributed by atoms with Crippen LogP contribution in [0.15, 0.2) is 42.6 Å². The number of nitrogens with zero attached hydrogens (tertiary/aromatic N) is 2. The SMILES string of the molecule is CN(Cc1ccccc1CN)c1ncccc1F. The van der Waals surface area contributed by atoms with Crippen LogP contribution < -0.4 is 10.6 Å². The fourth-order valence-electron chi connectivity index (χ4n) is 1.90. The highest BCUT2D eigenvalue weighted by atomic mass is 19.1. The Bertz CT molecular complexity index is 528. The summed E-state index contributed by atoms with van der Waals surface area (Å²) in [5.74, 6) is 0.0366. The van der Waals surface area contributed by atoms with Gasteiger partial charge in [0.15, 0.2) is 11.6 Å². The first kappa shape index (κ1) is 12.5. The Morgan fingerprint density at radius 2 is 1.89 bits per heavy atom. The Balaban J connectivity index is 2.21. The summed E-state index contributed by atoms with van der Waals surface area (Å²) in [5.41, 5.74) is 7.85. The van der Waals surface area contributed by atoms with E-state index in [1.54, 1.807) is 17.2 Å². The molecule has 0 saturated carbocycles. The molecule has 4 heteroatoms. The minimum atomic E-state index is -0.315. The van der Waals surface area contributed by atoms with Crippen molar-refractivity contribution >= 4 is 5.82 Å². The zero-order chi connectivity index (χ0) is 13.0. The molecular weight excluding hydrogens is 229 g/mol. The summed E-state index contributed by atoms with van der Waals surface area (Å²) in [6, 6.07) is 10.9. The van der Waals surface area contributed by atoms with Crippen LogP contribution in [0.4, 0.5) is 10.2 Å². The van der Waals surface area contributed by atoms with Crippen molar-refractivity contribution in [3.8, 4) is 0 Å². The Morgan fingerprint density at radius 1 is 1.17 bits per heavy atom. The third kappa shape index (κ3) is 2.65. The molecule has 0 aliphatic rings. The highest BCUT2D eigenvalue weighted by Gasteiger charge is 2.10. The summed E-state index contributed by atoms with van der Waals surface area (Å²) < 4.78 is 13.6. The summed E-state index contributed by atoms with van der Waals surface area (Å²) in [6.07, 6.45) is 1.59. The molecule has 0 atom stereocenters. The van der Waals surface area contributed by atoms with Gasteiger partial charge in [0.2, 0.25) is 0 Å². The first-order chi connectivity index (χ1) is 8.72. The fraction of sp³-hybridized carbons (Fsp3) is 0.214. The monoisotopic (exact) mass is 245 g/mol. The van der Waals surface area contributed by atoms with Gasteiger partial charge in [0.1, 0.15) is 0 Å². The van der Waals surface area contributed by atoms with E-state index in [9.17, 15) is 4.39 Å². The zero-order valence-electron chi connectivity index (χ0n) is 10.3. The molecule has 18 heavy (non-hydrogen) atoms. The predicted octanol–water partition coefficient (Wildman–Crippen LogP) is 2.32. The molecule has 0 aliphatic heterocycles. The maximum absolute atomic E-state index is 13.6. The molecule has 2 aromatic rings. The maximum atomic E-state index is 13.6. The molecule has 1 heterocycles. The van der Waals surface area contributed by atoms with E-state index in [1.807, 2.05) is 31.3 Å². The molecule has 0 aliphatic carbocycles. The first-order valence-electron chi connectivity index (χ1n) is 5.81. The minimum absolute atomic E-state index is 0.315. The van der Waals surface area contributed by atoms with Gasteiger partial charge in [-0.2, -0.15) is 0 Å². The standard InChI is InChI=1S/C14H16FN3/c1-18(14-13(15)7-4-8-17-14)10-12-6-3-2-5-11(12)9-16/h2-8H,9-10,16H2,1H3. The summed E-state index contributed by atoms with van der Waals surface area (Å²) >= 11 is 0. The third-order valence-corrected chi connectivity index (χ3v) is 2.85. The fourth-order valence-corrected chi connectivity index (χ4v) is 1.90. The first-order valence-corrected chi connectivity index (χ1v) is 5.81. The molecule has 0 bridgehead atoms. The molecule has 3 nitrogen and oxygen atoms in total. The van der Waals surface area contributed by atoms with Crippen LogP contribution in [0.1, 0.15) is 11.1 Å². The van der Waals surface area contributed by atoms with Gasteiger partial charge in [0.25, 0.3) is 0 Å². The van der Waals surface area contributed by atoms with E-state index in [4.69, 9.17) is 5.73 Å². The van der Waals surface area contributed by atoms with Crippen LogP contribution in [0, 0.1) is 5.82 Å². The van der Waals surface area contributed by atoms with E-state index in [-0.39, 0.29) is 5.82 Å². The van der Waals surface area contributed by atoms with E-state index in [0.717, 1.165) is 11.1 Å². The topological polar surface area (TPSA) is 42.1 Å². The molecule has 0 radical (unpaired) electrons. The second-order valence-electron chi connectivity index (χ2n) is 4.14. The van der Waals surface area contributed by atoms with Gasteiger partial charge in [-0.1, -0.05) is 24.3 Å². The highest BCUT2D eigenvalue weighted by Crippen LogP contribution is 2.17. The summed E-state index contributed by atoms with van der Waals surface area (Å²) in [7, 11) is 1.82. The quantitative estimate of drug-likeness (QED) is 0.898. The van der Waals surface area contributed by atoms with Gasteiger partial charge >= 0.3 is 0 Å². The Kier molecular flexibility index (Phi) is 3.89. The highest BCUT2D eigenvalue weighted by molar-refractivity contribution is 5.41. The van der Waals surface area contributed by atoms with Crippen LogP contribution in [0.2, 0.25) is 0 Å². The molecule has 0 fully saturated rings. The van der Waals surface area contributed by atoms with Crippen LogP contribution in [0.25, 0.3) is 0 Å². The van der Waals surface area contributed by atoms with E-state index in [1.165, 1.54) is 6.07 Å². The molecule has 2 N–H and O–H groups in total. The number of nitrogens with two attached hydrogens (primary N) is 1. The molecule has 94 valence electrons. The van der Waals surface area contributed by atoms with Gasteiger partial charge in [-0.25, -0.2) is 9.37 Å². The second kappa shape index (κ2) is 5.60. The van der Waals surface area contributed by atoms with Crippen molar-refractivity contribution in [3.63, 3.8) is 0 Å². The molecule has 1 aromatic carbocycles. The number of pyridine rings is 1. The average molecular weight is 245 g/mol. The van der Waals surface area contributed by atoms with E-state index >= 15 is 0 Å². The maximum Gasteiger partial charge on any atom is 0.165 e. The van der Waals surface area contributed by atoms with Gasteiger partial charge in [0.05, 0.1) is 0 Å². The largest absolute Gasteiger partial charge is 0.353 e. The number of benzene rings is 1. The summed E-state index contributed by atoms with van der Waals surface area (Å²) in [6.45, 7) is 1.07. The summed E-state index contributed by atoms with van der Waals surface area (Å²) in [4.78, 5) is 5.83. The molecule has 1 aromatic heterocycles. The number of hydrogen-bond donors (Lipinski definition) is 1. The van der Waals surface area contributed by atoms with Crippen molar-refractivity contribution in [2.24, 2.45) is 5.73 Å². The van der Waals surface area contributed by atoms with Crippen LogP contribution in [0.3, 0.4) is 0 Å². The predicted molar refractivity (Wildman–Crippen MR) is 70.6 cm³/mol. The Morgan fingerprint density at radius 3 is 2.56 bits per heavy atom. The normalized spacial score (nSPS) is 10.4. The lowest BCUT2D eigenvalue weighted by Crippen LogP contribution is -2.20. The molecule has 0 saturated heterocycles. The lowest BCUT2D eigenvalue weighted by Gasteiger charge is -2.20. The number of aromatic nitrogens is 1. The number of rotatable bonds is 4. The van der Waals surface area contributed by atoms with Gasteiger partial charge < -0.3 is 10.6 Å². The number of hydrogen-bond acceptors (Lipinski definition) is 3. The van der Waals surface area contributed by atoms with Crippen LogP contribution in [0.5, 0.6) is 0 Å². The lowest BCUT2D eigenvalue weighted by atomic mass is 10.1. The molecule has 0 spiro atoms. The van der Waals surface area contributed by atoms with Crippen molar-refractivity contribution in [2.75, 3.05) is 11.9 Å². The van der Waals surface area contributed by atoms with Gasteiger partial charge in [0, 0.05) is 26.3 Å². The van der Waals surface area contributed by atoms with Gasteiger partial charge in [-0.05, 0) is 23.3 Å². The van der Waals surface area contributed by atoms with E-state index < -0.39 is 0 Å². The van der Waals surface area contributed by atoms with Crippen molar-refractivity contribution < 1.29 is 4.39 Å². The number of halogens is 1. The molecular formula is C14H16FN3. The van der Waals surface area contributed by atoms with E-state index in [2.05, 4.69) is 4.98 Å². The second-order valence-corrected chi connectivity index (χ2v) is 4.14. The average Bonchev–Trinajstić information content (AvgIpc) is 2.39. The van der Waals surface area contributed by atoms with Crippen molar-refractivity contribution in [1.29, 1.82) is 0 Å². The van der Waals surface area contributed by atoms with Crippen molar-refractivity contribution in [3.05, 3.63) is 59.5 Å². The minimum Gasteiger partial charge on any atom is -0.353 e. The van der Waals surface area contributed by atoms with Crippen molar-refractivity contribution in [2.45, 2.75) is 13.1 Å². The van der Waals surface area contributed by atoms with Gasteiger partial charge in [-0.3, -0.25) is 0 Å². The van der Waals surface area contributed by atoms with Crippen molar-refractivity contribution in [1.82, 2.24) is 4.98 Å². The molecule has 0 unspecified atom stereocenters. The third-order valence-electron chi connectivity index (χ3n) is 2.85. The number of anilines is 1. The van der Waals surface area contributed by atoms with Crippen LogP contribution in [-0.2, 0) is 13.1 Å². The Hall–Kier alpha value is -1.94. The molecule has 2 rings (SSSR count).